The summed E-state index contributed by atoms with van der Waals surface area (Å²) < 4.78 is -0.714. The van der Waals surface area contributed by atoms with Crippen molar-refractivity contribution in [2.75, 3.05) is 37.7 Å². The van der Waals surface area contributed by atoms with Crippen molar-refractivity contribution in [3.63, 3.8) is 0 Å². The summed E-state index contributed by atoms with van der Waals surface area (Å²) in [5.74, 6) is -1.34. The number of hydrogen-bond acceptors (Lipinski definition) is 5. The van der Waals surface area contributed by atoms with Crippen LogP contribution >= 0.6 is 27.7 Å². The fourth-order valence-electron chi connectivity index (χ4n) is 7.05. The number of nitrogens with zero attached hydrogens (tertiary/aromatic N) is 3. The molecule has 1 aromatic rings. The van der Waals surface area contributed by atoms with Crippen molar-refractivity contribution >= 4 is 51.1 Å². The van der Waals surface area contributed by atoms with Gasteiger partial charge in [0.1, 0.15) is 6.04 Å². The highest BCUT2D eigenvalue weighted by atomic mass is 79.9. The molecular formula is C31H42BrN3O4S. The van der Waals surface area contributed by atoms with Gasteiger partial charge in [0.15, 0.2) is 0 Å². The van der Waals surface area contributed by atoms with Crippen LogP contribution in [0.25, 0.3) is 0 Å². The number of halogens is 1. The van der Waals surface area contributed by atoms with E-state index >= 15 is 0 Å². The Balaban J connectivity index is 1.81. The van der Waals surface area contributed by atoms with E-state index in [0.717, 1.165) is 23.2 Å². The minimum Gasteiger partial charge on any atom is -0.396 e. The van der Waals surface area contributed by atoms with Gasteiger partial charge in [-0.2, -0.15) is 0 Å². The van der Waals surface area contributed by atoms with Crippen molar-refractivity contribution in [2.45, 2.75) is 67.3 Å². The second-order valence-electron chi connectivity index (χ2n) is 11.2. The second kappa shape index (κ2) is 12.8. The molecule has 3 aliphatic heterocycles. The maximum Gasteiger partial charge on any atom is 0.251 e. The highest BCUT2D eigenvalue weighted by Crippen LogP contribution is 2.68. The van der Waals surface area contributed by atoms with Gasteiger partial charge in [-0.15, -0.1) is 24.9 Å². The number of rotatable bonds is 13. The highest BCUT2D eigenvalue weighted by Gasteiger charge is 2.76. The van der Waals surface area contributed by atoms with E-state index in [1.807, 2.05) is 43.9 Å². The SMILES string of the molecule is C=CCN(CCC)C(=O)[C@H]1[C@@H]2SC3(CC2Br)C(C(=O)N(CC=C)c2c(C)cccc2C)N(CCCCO)C(=O)[C@H]13. The van der Waals surface area contributed by atoms with E-state index in [-0.39, 0.29) is 34.4 Å². The van der Waals surface area contributed by atoms with Crippen LogP contribution in [0.4, 0.5) is 5.69 Å². The van der Waals surface area contributed by atoms with Crippen LogP contribution in [0.15, 0.2) is 43.5 Å². The third-order valence-corrected chi connectivity index (χ3v) is 11.8. The molecule has 0 saturated carbocycles. The van der Waals surface area contributed by atoms with Crippen LogP contribution in [0.2, 0.25) is 0 Å². The van der Waals surface area contributed by atoms with E-state index in [4.69, 9.17) is 0 Å². The Morgan fingerprint density at radius 1 is 1.18 bits per heavy atom. The number of amides is 3. The van der Waals surface area contributed by atoms with Crippen LogP contribution in [-0.2, 0) is 14.4 Å². The van der Waals surface area contributed by atoms with Gasteiger partial charge in [-0.1, -0.05) is 53.2 Å². The van der Waals surface area contributed by atoms with E-state index in [1.54, 1.807) is 33.7 Å². The summed E-state index contributed by atoms with van der Waals surface area (Å²) in [5.41, 5.74) is 2.81. The topological polar surface area (TPSA) is 81.2 Å². The van der Waals surface area contributed by atoms with Gasteiger partial charge in [0.25, 0.3) is 5.91 Å². The van der Waals surface area contributed by atoms with Crippen LogP contribution in [0.5, 0.6) is 0 Å². The van der Waals surface area contributed by atoms with Crippen LogP contribution in [0, 0.1) is 25.7 Å². The molecule has 1 N–H and O–H groups in total. The average Bonchev–Trinajstić information content (AvgIpc) is 3.51. The summed E-state index contributed by atoms with van der Waals surface area (Å²) in [6.45, 7) is 15.5. The Labute approximate surface area is 251 Å². The third kappa shape index (κ3) is 5.18. The molecule has 3 saturated heterocycles. The fourth-order valence-corrected chi connectivity index (χ4v) is 10.7. The van der Waals surface area contributed by atoms with Crippen LogP contribution in [0.3, 0.4) is 0 Å². The largest absolute Gasteiger partial charge is 0.396 e. The first-order valence-corrected chi connectivity index (χ1v) is 16.1. The molecule has 218 valence electrons. The van der Waals surface area contributed by atoms with Gasteiger partial charge in [0, 0.05) is 48.6 Å². The molecule has 1 aromatic carbocycles. The Morgan fingerprint density at radius 2 is 1.85 bits per heavy atom. The molecule has 4 rings (SSSR count). The molecule has 0 aliphatic carbocycles. The molecule has 9 heteroatoms. The van der Waals surface area contributed by atoms with Gasteiger partial charge in [0.05, 0.1) is 16.6 Å². The number of aliphatic hydroxyl groups is 1. The van der Waals surface area contributed by atoms with E-state index < -0.39 is 22.6 Å². The van der Waals surface area contributed by atoms with Gasteiger partial charge in [-0.3, -0.25) is 14.4 Å². The molecule has 0 aromatic heterocycles. The molecule has 3 unspecified atom stereocenters. The first-order chi connectivity index (χ1) is 19.2. The van der Waals surface area contributed by atoms with Crippen LogP contribution in [-0.4, -0.2) is 86.3 Å². The van der Waals surface area contributed by atoms with Crippen molar-refractivity contribution in [2.24, 2.45) is 11.8 Å². The lowest BCUT2D eigenvalue weighted by molar-refractivity contribution is -0.143. The number of aryl methyl sites for hydroxylation is 2. The Kier molecular flexibility index (Phi) is 9.89. The Morgan fingerprint density at radius 3 is 2.45 bits per heavy atom. The molecule has 1 spiro atoms. The van der Waals surface area contributed by atoms with Crippen molar-refractivity contribution in [1.29, 1.82) is 0 Å². The number of likely N-dealkylation sites (tertiary alicyclic amines) is 1. The number of carbonyl (C=O) groups is 3. The molecule has 3 fully saturated rings. The zero-order valence-electron chi connectivity index (χ0n) is 23.9. The van der Waals surface area contributed by atoms with Crippen LogP contribution < -0.4 is 4.90 Å². The van der Waals surface area contributed by atoms with Gasteiger partial charge in [-0.25, -0.2) is 0 Å². The molecule has 2 bridgehead atoms. The molecule has 0 radical (unpaired) electrons. The zero-order chi connectivity index (χ0) is 29.2. The number of unbranched alkanes of at least 4 members (excludes halogenated alkanes) is 1. The first-order valence-electron chi connectivity index (χ1n) is 14.3. The second-order valence-corrected chi connectivity index (χ2v) is 13.9. The minimum atomic E-state index is -0.714. The number of benzene rings is 1. The number of aliphatic hydroxyl groups excluding tert-OH is 1. The Hall–Kier alpha value is -2.10. The monoisotopic (exact) mass is 631 g/mol. The number of para-hydroxylation sites is 1. The summed E-state index contributed by atoms with van der Waals surface area (Å²) >= 11 is 5.53. The molecule has 3 amide bonds. The summed E-state index contributed by atoms with van der Waals surface area (Å²) in [4.78, 5) is 48.5. The average molecular weight is 633 g/mol. The van der Waals surface area contributed by atoms with Crippen molar-refractivity contribution in [1.82, 2.24) is 9.80 Å². The first kappa shape index (κ1) is 30.8. The summed E-state index contributed by atoms with van der Waals surface area (Å²) in [6, 6.07) is 5.25. The molecule has 3 heterocycles. The quantitative estimate of drug-likeness (QED) is 0.197. The van der Waals surface area contributed by atoms with E-state index in [0.29, 0.717) is 45.4 Å². The summed E-state index contributed by atoms with van der Waals surface area (Å²) in [6.07, 6.45) is 6.03. The lowest BCUT2D eigenvalue weighted by Gasteiger charge is -2.39. The summed E-state index contributed by atoms with van der Waals surface area (Å²) in [7, 11) is 0. The number of fused-ring (bicyclic) bond motifs is 1. The standard InChI is InChI=1S/C31H42BrN3O4S/c1-6-14-33(15-7-2)28(37)23-24-29(38)35(17-9-10-18-36)27(31(24)19-22(32)26(23)40-31)30(39)34(16-8-3)25-20(4)12-11-13-21(25)5/h6,8,11-13,22-24,26-27,36H,1,3,7,9-10,14-19H2,2,4-5H3/t22?,23-,24+,26-,27?,31?/m1/s1. The number of thioether (sulfide) groups is 1. The molecule has 7 nitrogen and oxygen atoms in total. The molecular weight excluding hydrogens is 590 g/mol. The smallest absolute Gasteiger partial charge is 0.251 e. The van der Waals surface area contributed by atoms with Gasteiger partial charge < -0.3 is 19.8 Å². The third-order valence-electron chi connectivity index (χ3n) is 8.56. The van der Waals surface area contributed by atoms with Gasteiger partial charge in [0.2, 0.25) is 11.8 Å². The molecule has 3 aliphatic rings. The van der Waals surface area contributed by atoms with Gasteiger partial charge in [-0.05, 0) is 50.7 Å². The normalized spacial score (nSPS) is 28.5. The number of hydrogen-bond donors (Lipinski definition) is 1. The zero-order valence-corrected chi connectivity index (χ0v) is 26.3. The molecule has 40 heavy (non-hydrogen) atoms. The predicted molar refractivity (Wildman–Crippen MR) is 166 cm³/mol. The van der Waals surface area contributed by atoms with E-state index in [9.17, 15) is 19.5 Å². The highest BCUT2D eigenvalue weighted by molar-refractivity contribution is 9.09. The van der Waals surface area contributed by atoms with Gasteiger partial charge >= 0.3 is 0 Å². The Bertz CT molecular complexity index is 1140. The molecule has 6 atom stereocenters. The lowest BCUT2D eigenvalue weighted by atomic mass is 9.70. The van der Waals surface area contributed by atoms with Crippen LogP contribution in [0.1, 0.15) is 43.7 Å². The summed E-state index contributed by atoms with van der Waals surface area (Å²) in [5, 5.41) is 9.38. The number of anilines is 1. The number of carbonyl (C=O) groups excluding carboxylic acids is 3. The predicted octanol–water partition coefficient (Wildman–Crippen LogP) is 4.48. The fraction of sp³-hybridized carbons (Fsp3) is 0.581. The minimum absolute atomic E-state index is 0.0171. The van der Waals surface area contributed by atoms with Crippen molar-refractivity contribution in [3.8, 4) is 0 Å². The van der Waals surface area contributed by atoms with E-state index in [1.165, 1.54) is 0 Å². The maximum absolute atomic E-state index is 14.8. The number of alkyl halides is 1. The van der Waals surface area contributed by atoms with Crippen molar-refractivity contribution < 1.29 is 19.5 Å². The van der Waals surface area contributed by atoms with E-state index in [2.05, 4.69) is 29.1 Å². The maximum atomic E-state index is 14.8. The lowest BCUT2D eigenvalue weighted by Crippen LogP contribution is -2.56. The van der Waals surface area contributed by atoms with Crippen molar-refractivity contribution in [3.05, 3.63) is 54.6 Å².